The van der Waals surface area contributed by atoms with Gasteiger partial charge in [0, 0.05) is 11.5 Å². The molecule has 1 aliphatic carbocycles. The van der Waals surface area contributed by atoms with E-state index >= 15 is 0 Å². The van der Waals surface area contributed by atoms with Crippen molar-refractivity contribution in [2.24, 2.45) is 11.3 Å². The Kier molecular flexibility index (Phi) is 4.46. The second-order valence-corrected chi connectivity index (χ2v) is 7.99. The molecule has 2 aromatic rings. The first-order valence-corrected chi connectivity index (χ1v) is 9.34. The second-order valence-electron chi connectivity index (χ2n) is 6.90. The number of aromatic nitrogens is 2. The highest BCUT2D eigenvalue weighted by atomic mass is 35.5. The van der Waals surface area contributed by atoms with Crippen molar-refractivity contribution < 1.29 is 9.53 Å². The Bertz CT molecular complexity index is 890. The molecule has 1 saturated heterocycles. The van der Waals surface area contributed by atoms with Crippen LogP contribution in [0.3, 0.4) is 0 Å². The summed E-state index contributed by atoms with van der Waals surface area (Å²) in [6.45, 7) is 4.57. The monoisotopic (exact) mass is 408 g/mol. The predicted octanol–water partition coefficient (Wildman–Crippen LogP) is 5.16. The highest BCUT2D eigenvalue weighted by Gasteiger charge is 2.55. The van der Waals surface area contributed by atoms with E-state index in [4.69, 9.17) is 39.5 Å². The van der Waals surface area contributed by atoms with Crippen LogP contribution in [0.25, 0.3) is 11.4 Å². The van der Waals surface area contributed by atoms with Gasteiger partial charge in [0.2, 0.25) is 0 Å². The SMILES string of the molecule is C=C1CC2COC(=O)C2(Cc2ccc(-c3nc(Cl)c(Cl)c(Cl)n3)cc2)C1. The molecule has 1 saturated carbocycles. The predicted molar refractivity (Wildman–Crippen MR) is 101 cm³/mol. The number of carbonyl (C=O) groups is 1. The molecule has 0 radical (unpaired) electrons. The number of ether oxygens (including phenoxy) is 1. The Balaban J connectivity index is 1.61. The van der Waals surface area contributed by atoms with Crippen molar-refractivity contribution in [3.05, 3.63) is 57.3 Å². The van der Waals surface area contributed by atoms with Gasteiger partial charge >= 0.3 is 5.97 Å². The molecule has 0 amide bonds. The summed E-state index contributed by atoms with van der Waals surface area (Å²) >= 11 is 17.8. The van der Waals surface area contributed by atoms with Gasteiger partial charge in [-0.2, -0.15) is 0 Å². The molecular weight excluding hydrogens is 395 g/mol. The second kappa shape index (κ2) is 6.52. The van der Waals surface area contributed by atoms with Gasteiger partial charge in [0.25, 0.3) is 0 Å². The summed E-state index contributed by atoms with van der Waals surface area (Å²) in [7, 11) is 0. The van der Waals surface area contributed by atoms with Crippen molar-refractivity contribution in [2.75, 3.05) is 6.61 Å². The minimum Gasteiger partial charge on any atom is -0.465 e. The summed E-state index contributed by atoms with van der Waals surface area (Å²) in [6, 6.07) is 7.71. The largest absolute Gasteiger partial charge is 0.465 e. The Morgan fingerprint density at radius 2 is 1.81 bits per heavy atom. The summed E-state index contributed by atoms with van der Waals surface area (Å²) in [5, 5.41) is 0.372. The third-order valence-corrected chi connectivity index (χ3v) is 6.30. The molecule has 2 atom stereocenters. The smallest absolute Gasteiger partial charge is 0.313 e. The quantitative estimate of drug-likeness (QED) is 0.399. The molecule has 2 heterocycles. The number of hydrogen-bond acceptors (Lipinski definition) is 4. The van der Waals surface area contributed by atoms with Gasteiger partial charge in [0.05, 0.1) is 12.0 Å². The number of halogens is 3. The van der Waals surface area contributed by atoms with Crippen LogP contribution in [0, 0.1) is 11.3 Å². The number of benzene rings is 1. The number of cyclic esters (lactones) is 1. The van der Waals surface area contributed by atoms with E-state index in [1.165, 1.54) is 0 Å². The zero-order valence-electron chi connectivity index (χ0n) is 13.8. The van der Waals surface area contributed by atoms with Crippen LogP contribution in [-0.4, -0.2) is 22.5 Å². The Morgan fingerprint density at radius 3 is 2.46 bits per heavy atom. The number of carbonyl (C=O) groups excluding carboxylic acids is 1. The van der Waals surface area contributed by atoms with E-state index in [1.807, 2.05) is 24.3 Å². The molecule has 0 N–H and O–H groups in total. The van der Waals surface area contributed by atoms with E-state index < -0.39 is 5.41 Å². The van der Waals surface area contributed by atoms with Crippen molar-refractivity contribution in [3.63, 3.8) is 0 Å². The standard InChI is InChI=1S/C19H15Cl3N2O2/c1-10-6-13-9-26-18(25)19(13,7-10)8-11-2-4-12(5-3-11)17-23-15(21)14(20)16(22)24-17/h2-5,13H,1,6-9H2. The van der Waals surface area contributed by atoms with Crippen molar-refractivity contribution in [3.8, 4) is 11.4 Å². The third kappa shape index (κ3) is 2.90. The van der Waals surface area contributed by atoms with E-state index in [9.17, 15) is 4.79 Å². The van der Waals surface area contributed by atoms with Gasteiger partial charge in [-0.05, 0) is 24.8 Å². The van der Waals surface area contributed by atoms with Crippen LogP contribution >= 0.6 is 34.8 Å². The van der Waals surface area contributed by atoms with Gasteiger partial charge in [-0.15, -0.1) is 0 Å². The lowest BCUT2D eigenvalue weighted by molar-refractivity contribution is -0.146. The first-order valence-electron chi connectivity index (χ1n) is 8.21. The lowest BCUT2D eigenvalue weighted by Gasteiger charge is -2.24. The normalized spacial score (nSPS) is 24.7. The lowest BCUT2D eigenvalue weighted by atomic mass is 9.75. The van der Waals surface area contributed by atoms with Crippen molar-refractivity contribution >= 4 is 40.8 Å². The van der Waals surface area contributed by atoms with Crippen LogP contribution in [-0.2, 0) is 16.0 Å². The van der Waals surface area contributed by atoms with Crippen molar-refractivity contribution in [2.45, 2.75) is 19.3 Å². The molecule has 1 aromatic heterocycles. The fourth-order valence-electron chi connectivity index (χ4n) is 3.92. The fourth-order valence-corrected chi connectivity index (χ4v) is 4.39. The Labute approximate surface area is 166 Å². The summed E-state index contributed by atoms with van der Waals surface area (Å²) in [5.74, 6) is 0.519. The molecule has 26 heavy (non-hydrogen) atoms. The van der Waals surface area contributed by atoms with Crippen LogP contribution in [0.1, 0.15) is 18.4 Å². The summed E-state index contributed by atoms with van der Waals surface area (Å²) < 4.78 is 5.33. The van der Waals surface area contributed by atoms with Crippen LogP contribution < -0.4 is 0 Å². The van der Waals surface area contributed by atoms with E-state index in [-0.39, 0.29) is 27.2 Å². The fraction of sp³-hybridized carbons (Fsp3) is 0.316. The minimum absolute atomic E-state index is 0.107. The zero-order valence-corrected chi connectivity index (χ0v) is 16.0. The number of allylic oxidation sites excluding steroid dienone is 1. The van der Waals surface area contributed by atoms with E-state index in [0.717, 1.165) is 23.1 Å². The van der Waals surface area contributed by atoms with E-state index in [0.29, 0.717) is 25.3 Å². The maximum atomic E-state index is 12.4. The molecule has 2 aliphatic rings. The molecule has 134 valence electrons. The van der Waals surface area contributed by atoms with Gasteiger partial charge in [0.1, 0.15) is 5.02 Å². The van der Waals surface area contributed by atoms with Crippen molar-refractivity contribution in [1.29, 1.82) is 0 Å². The Morgan fingerprint density at radius 1 is 1.15 bits per heavy atom. The highest BCUT2D eigenvalue weighted by Crippen LogP contribution is 2.52. The first-order chi connectivity index (χ1) is 12.4. The molecule has 0 bridgehead atoms. The molecule has 1 aromatic carbocycles. The molecule has 2 unspecified atom stereocenters. The van der Waals surface area contributed by atoms with Gasteiger partial charge in [-0.3, -0.25) is 4.79 Å². The third-order valence-electron chi connectivity index (χ3n) is 5.21. The molecule has 2 fully saturated rings. The molecule has 4 nitrogen and oxygen atoms in total. The summed E-state index contributed by atoms with van der Waals surface area (Å²) in [6.07, 6.45) is 2.20. The molecule has 7 heteroatoms. The molecule has 1 aliphatic heterocycles. The van der Waals surface area contributed by atoms with Gasteiger partial charge in [0.15, 0.2) is 16.1 Å². The van der Waals surface area contributed by atoms with Gasteiger partial charge < -0.3 is 4.74 Å². The average molecular weight is 410 g/mol. The number of esters is 1. The van der Waals surface area contributed by atoms with Crippen LogP contribution in [0.4, 0.5) is 0 Å². The molecule has 4 rings (SSSR count). The summed E-state index contributed by atoms with van der Waals surface area (Å²) in [4.78, 5) is 20.7. The van der Waals surface area contributed by atoms with Crippen LogP contribution in [0.5, 0.6) is 0 Å². The van der Waals surface area contributed by atoms with E-state index in [2.05, 4.69) is 16.5 Å². The van der Waals surface area contributed by atoms with Crippen LogP contribution in [0.15, 0.2) is 36.4 Å². The van der Waals surface area contributed by atoms with Crippen LogP contribution in [0.2, 0.25) is 15.3 Å². The first kappa shape index (κ1) is 17.8. The summed E-state index contributed by atoms with van der Waals surface area (Å²) in [5.41, 5.74) is 2.48. The van der Waals surface area contributed by atoms with Gasteiger partial charge in [-0.1, -0.05) is 71.2 Å². The zero-order chi connectivity index (χ0) is 18.5. The van der Waals surface area contributed by atoms with E-state index in [1.54, 1.807) is 0 Å². The van der Waals surface area contributed by atoms with Crippen molar-refractivity contribution in [1.82, 2.24) is 9.97 Å². The number of nitrogens with zero attached hydrogens (tertiary/aromatic N) is 2. The minimum atomic E-state index is -0.470. The average Bonchev–Trinajstić information content (AvgIpc) is 3.07. The highest BCUT2D eigenvalue weighted by molar-refractivity contribution is 6.46. The lowest BCUT2D eigenvalue weighted by Crippen LogP contribution is -2.31. The van der Waals surface area contributed by atoms with Gasteiger partial charge in [-0.25, -0.2) is 9.97 Å². The molecular formula is C19H15Cl3N2O2. The Hall–Kier alpha value is -1.62. The maximum Gasteiger partial charge on any atom is 0.313 e. The topological polar surface area (TPSA) is 52.1 Å². The number of rotatable bonds is 3. The maximum absolute atomic E-state index is 12.4. The number of fused-ring (bicyclic) bond motifs is 1. The number of hydrogen-bond donors (Lipinski definition) is 0. The molecule has 0 spiro atoms.